The summed E-state index contributed by atoms with van der Waals surface area (Å²) in [5.41, 5.74) is 1.51. The molecule has 0 aliphatic carbocycles. The van der Waals surface area contributed by atoms with Crippen LogP contribution in [0, 0.1) is 0 Å². The van der Waals surface area contributed by atoms with Crippen molar-refractivity contribution in [1.82, 2.24) is 5.32 Å². The van der Waals surface area contributed by atoms with E-state index in [9.17, 15) is 9.59 Å². The molecule has 2 N–H and O–H groups in total. The minimum absolute atomic E-state index is 0.218. The van der Waals surface area contributed by atoms with Gasteiger partial charge in [0, 0.05) is 18.2 Å². The van der Waals surface area contributed by atoms with Gasteiger partial charge in [-0.25, -0.2) is 0 Å². The maximum absolute atomic E-state index is 12.5. The zero-order valence-corrected chi connectivity index (χ0v) is 17.8. The third kappa shape index (κ3) is 5.76. The zero-order valence-electron chi connectivity index (χ0n) is 17.8. The van der Waals surface area contributed by atoms with Crippen LogP contribution in [0.4, 0.5) is 5.69 Å². The van der Waals surface area contributed by atoms with Gasteiger partial charge in [-0.3, -0.25) is 9.59 Å². The molecule has 0 saturated heterocycles. The molecule has 0 aromatic heterocycles. The van der Waals surface area contributed by atoms with Crippen LogP contribution >= 0.6 is 0 Å². The van der Waals surface area contributed by atoms with Crippen LogP contribution in [0.2, 0.25) is 0 Å². The number of unbranched alkanes of at least 4 members (excludes halogenated alkanes) is 1. The topological polar surface area (TPSA) is 85.9 Å². The first-order valence-electron chi connectivity index (χ1n) is 9.70. The van der Waals surface area contributed by atoms with Crippen LogP contribution in [0.15, 0.2) is 42.5 Å². The van der Waals surface area contributed by atoms with Crippen LogP contribution in [-0.2, 0) is 4.79 Å². The summed E-state index contributed by atoms with van der Waals surface area (Å²) in [6.07, 6.45) is 4.87. The van der Waals surface area contributed by atoms with Gasteiger partial charge in [-0.05, 0) is 36.8 Å². The molecule has 0 fully saturated rings. The Morgan fingerprint density at radius 2 is 1.70 bits per heavy atom. The molecule has 7 nitrogen and oxygen atoms in total. The van der Waals surface area contributed by atoms with Gasteiger partial charge in [-0.1, -0.05) is 25.5 Å². The number of amides is 2. The fraction of sp³-hybridized carbons (Fsp3) is 0.304. The number of methoxy groups -OCH3 is 3. The minimum atomic E-state index is -0.374. The Hall–Kier alpha value is -3.48. The van der Waals surface area contributed by atoms with E-state index in [0.29, 0.717) is 40.6 Å². The lowest BCUT2D eigenvalue weighted by Crippen LogP contribution is -2.25. The maximum Gasteiger partial charge on any atom is 0.253 e. The highest BCUT2D eigenvalue weighted by Crippen LogP contribution is 2.40. The number of rotatable bonds is 10. The molecule has 0 bridgehead atoms. The molecule has 0 aliphatic heterocycles. The smallest absolute Gasteiger partial charge is 0.253 e. The molecule has 0 aliphatic rings. The lowest BCUT2D eigenvalue weighted by molar-refractivity contribution is -0.111. The lowest BCUT2D eigenvalue weighted by atomic mass is 10.1. The number of carbonyl (C=O) groups excluding carboxylic acids is 2. The van der Waals surface area contributed by atoms with Crippen molar-refractivity contribution in [2.45, 2.75) is 19.8 Å². The average molecular weight is 412 g/mol. The van der Waals surface area contributed by atoms with Gasteiger partial charge in [0.25, 0.3) is 5.91 Å². The summed E-state index contributed by atoms with van der Waals surface area (Å²) in [7, 11) is 4.57. The lowest BCUT2D eigenvalue weighted by Gasteiger charge is -2.14. The molecule has 0 saturated carbocycles. The predicted molar refractivity (Wildman–Crippen MR) is 117 cm³/mol. The molecule has 0 atom stereocenters. The predicted octanol–water partition coefficient (Wildman–Crippen LogP) is 3.89. The van der Waals surface area contributed by atoms with E-state index >= 15 is 0 Å². The van der Waals surface area contributed by atoms with E-state index in [1.165, 1.54) is 27.4 Å². The summed E-state index contributed by atoms with van der Waals surface area (Å²) in [6, 6.07) is 10.4. The Morgan fingerprint density at radius 3 is 2.37 bits per heavy atom. The molecule has 0 spiro atoms. The molecule has 7 heteroatoms. The number of hydrogen-bond acceptors (Lipinski definition) is 5. The van der Waals surface area contributed by atoms with Crippen molar-refractivity contribution in [2.24, 2.45) is 0 Å². The van der Waals surface area contributed by atoms with E-state index in [4.69, 9.17) is 14.2 Å². The van der Waals surface area contributed by atoms with Crippen molar-refractivity contribution in [2.75, 3.05) is 33.2 Å². The van der Waals surface area contributed by atoms with Gasteiger partial charge < -0.3 is 24.8 Å². The van der Waals surface area contributed by atoms with Crippen LogP contribution in [-0.4, -0.2) is 39.7 Å². The molecule has 2 amide bonds. The first-order valence-corrected chi connectivity index (χ1v) is 9.70. The normalized spacial score (nSPS) is 10.5. The van der Waals surface area contributed by atoms with Crippen LogP contribution in [0.1, 0.15) is 35.7 Å². The van der Waals surface area contributed by atoms with Crippen LogP contribution < -0.4 is 24.8 Å². The van der Waals surface area contributed by atoms with Crippen molar-refractivity contribution in [3.05, 3.63) is 53.6 Å². The molecule has 2 aromatic carbocycles. The zero-order chi connectivity index (χ0) is 21.9. The van der Waals surface area contributed by atoms with E-state index in [0.717, 1.165) is 12.8 Å². The molecule has 2 rings (SSSR count). The number of carbonyl (C=O) groups is 2. The SMILES string of the molecule is CCCCNC(=O)c1ccccc1NC(=O)/C=C/c1ccc(OC)c(OC)c1OC. The summed E-state index contributed by atoms with van der Waals surface area (Å²) < 4.78 is 16.0. The Kier molecular flexibility index (Phi) is 8.75. The van der Waals surface area contributed by atoms with Gasteiger partial charge in [-0.15, -0.1) is 0 Å². The largest absolute Gasteiger partial charge is 0.493 e. The second-order valence-corrected chi connectivity index (χ2v) is 6.40. The van der Waals surface area contributed by atoms with Gasteiger partial charge in [0.2, 0.25) is 11.7 Å². The Morgan fingerprint density at radius 1 is 0.967 bits per heavy atom. The summed E-state index contributed by atoms with van der Waals surface area (Å²) in [4.78, 5) is 24.9. The highest BCUT2D eigenvalue weighted by atomic mass is 16.5. The van der Waals surface area contributed by atoms with E-state index in [2.05, 4.69) is 17.6 Å². The van der Waals surface area contributed by atoms with Gasteiger partial charge in [0.1, 0.15) is 0 Å². The fourth-order valence-electron chi connectivity index (χ4n) is 2.86. The number of anilines is 1. The standard InChI is InChI=1S/C23H28N2O5/c1-5-6-15-24-23(27)17-9-7-8-10-18(17)25-20(26)14-12-16-11-13-19(28-2)22(30-4)21(16)29-3/h7-14H,5-6,15H2,1-4H3,(H,24,27)(H,25,26)/b14-12+. The molecule has 0 heterocycles. The highest BCUT2D eigenvalue weighted by molar-refractivity contribution is 6.07. The number of benzene rings is 2. The monoisotopic (exact) mass is 412 g/mol. The summed E-state index contributed by atoms with van der Waals surface area (Å²) in [6.45, 7) is 2.65. The van der Waals surface area contributed by atoms with E-state index in [1.807, 2.05) is 0 Å². The summed E-state index contributed by atoms with van der Waals surface area (Å²) in [5.74, 6) is 0.831. The second-order valence-electron chi connectivity index (χ2n) is 6.40. The Balaban J connectivity index is 2.17. The molecular formula is C23H28N2O5. The van der Waals surface area contributed by atoms with Gasteiger partial charge in [0.15, 0.2) is 11.5 Å². The van der Waals surface area contributed by atoms with Crippen LogP contribution in [0.3, 0.4) is 0 Å². The number of ether oxygens (including phenoxy) is 3. The molecule has 0 radical (unpaired) electrons. The van der Waals surface area contributed by atoms with Gasteiger partial charge in [0.05, 0.1) is 32.6 Å². The highest BCUT2D eigenvalue weighted by Gasteiger charge is 2.15. The Bertz CT molecular complexity index is 908. The van der Waals surface area contributed by atoms with Crippen molar-refractivity contribution in [1.29, 1.82) is 0 Å². The van der Waals surface area contributed by atoms with E-state index in [-0.39, 0.29) is 11.8 Å². The first-order chi connectivity index (χ1) is 14.5. The second kappa shape index (κ2) is 11.5. The van der Waals surface area contributed by atoms with Crippen molar-refractivity contribution >= 4 is 23.6 Å². The average Bonchev–Trinajstić information content (AvgIpc) is 2.77. The third-order valence-corrected chi connectivity index (χ3v) is 4.39. The van der Waals surface area contributed by atoms with Gasteiger partial charge in [-0.2, -0.15) is 0 Å². The van der Waals surface area contributed by atoms with E-state index in [1.54, 1.807) is 42.5 Å². The van der Waals surface area contributed by atoms with Crippen LogP contribution in [0.25, 0.3) is 6.08 Å². The van der Waals surface area contributed by atoms with Gasteiger partial charge >= 0.3 is 0 Å². The van der Waals surface area contributed by atoms with Crippen LogP contribution in [0.5, 0.6) is 17.2 Å². The van der Waals surface area contributed by atoms with Crippen molar-refractivity contribution in [3.8, 4) is 17.2 Å². The molecular weight excluding hydrogens is 384 g/mol. The first kappa shape index (κ1) is 22.8. The van der Waals surface area contributed by atoms with Crippen molar-refractivity contribution in [3.63, 3.8) is 0 Å². The number of hydrogen-bond donors (Lipinski definition) is 2. The summed E-state index contributed by atoms with van der Waals surface area (Å²) in [5, 5.41) is 5.62. The molecule has 30 heavy (non-hydrogen) atoms. The number of para-hydroxylation sites is 1. The van der Waals surface area contributed by atoms with E-state index < -0.39 is 0 Å². The fourth-order valence-corrected chi connectivity index (χ4v) is 2.86. The quantitative estimate of drug-likeness (QED) is 0.457. The molecule has 0 unspecified atom stereocenters. The Labute approximate surface area is 177 Å². The maximum atomic E-state index is 12.5. The minimum Gasteiger partial charge on any atom is -0.493 e. The summed E-state index contributed by atoms with van der Waals surface area (Å²) >= 11 is 0. The molecule has 160 valence electrons. The van der Waals surface area contributed by atoms with Crippen molar-refractivity contribution < 1.29 is 23.8 Å². The number of nitrogens with one attached hydrogen (secondary N) is 2. The molecule has 2 aromatic rings. The third-order valence-electron chi connectivity index (χ3n) is 4.39.